The lowest BCUT2D eigenvalue weighted by Gasteiger charge is -1.92. The van der Waals surface area contributed by atoms with Crippen molar-refractivity contribution in [2.45, 2.75) is 0 Å². The summed E-state index contributed by atoms with van der Waals surface area (Å²) >= 11 is 2.43. The quantitative estimate of drug-likeness (QED) is 0.592. The molecular weight excluding hydrogens is 313 g/mol. The van der Waals surface area contributed by atoms with Crippen LogP contribution in [0.5, 0.6) is 0 Å². The number of rotatable bonds is 4. The van der Waals surface area contributed by atoms with Gasteiger partial charge in [-0.05, 0) is 23.6 Å². The number of hydrogen-bond acceptors (Lipinski definition) is 6. The van der Waals surface area contributed by atoms with Crippen molar-refractivity contribution in [3.05, 3.63) is 51.4 Å². The van der Waals surface area contributed by atoms with Crippen molar-refractivity contribution in [3.8, 4) is 10.6 Å². The fourth-order valence-corrected chi connectivity index (χ4v) is 2.80. The normalized spacial score (nSPS) is 11.1. The molecular formula is C13H8FN3O2S2. The van der Waals surface area contributed by atoms with Gasteiger partial charge in [-0.1, -0.05) is 11.2 Å². The van der Waals surface area contributed by atoms with Crippen LogP contribution in [0.2, 0.25) is 0 Å². The van der Waals surface area contributed by atoms with Crippen molar-refractivity contribution in [1.29, 1.82) is 0 Å². The minimum atomic E-state index is -0.491. The second-order valence-electron chi connectivity index (χ2n) is 3.89. The van der Waals surface area contributed by atoms with E-state index >= 15 is 0 Å². The Hall–Kier alpha value is -2.32. The summed E-state index contributed by atoms with van der Waals surface area (Å²) in [4.78, 5) is 13.3. The molecule has 0 atom stereocenters. The van der Waals surface area contributed by atoms with Crippen LogP contribution in [0.3, 0.4) is 0 Å². The van der Waals surface area contributed by atoms with Crippen LogP contribution in [0.1, 0.15) is 15.4 Å². The van der Waals surface area contributed by atoms with Crippen molar-refractivity contribution in [2.24, 2.45) is 5.10 Å². The number of hydrogen-bond donors (Lipinski definition) is 1. The molecule has 106 valence electrons. The minimum absolute atomic E-state index is 0.132. The number of thiophene rings is 2. The molecule has 0 saturated carbocycles. The highest BCUT2D eigenvalue weighted by Crippen LogP contribution is 2.25. The summed E-state index contributed by atoms with van der Waals surface area (Å²) in [5.74, 6) is 0.0364. The van der Waals surface area contributed by atoms with Gasteiger partial charge in [0.25, 0.3) is 5.91 Å². The number of nitrogens with one attached hydrogen (secondary N) is 1. The molecule has 0 saturated heterocycles. The molecule has 0 unspecified atom stereocenters. The molecule has 0 aliphatic rings. The molecule has 0 aliphatic carbocycles. The maximum Gasteiger partial charge on any atom is 0.293 e. The molecule has 0 fully saturated rings. The predicted molar refractivity (Wildman–Crippen MR) is 79.2 cm³/mol. The molecule has 1 N–H and O–H groups in total. The van der Waals surface area contributed by atoms with Gasteiger partial charge in [-0.3, -0.25) is 4.79 Å². The zero-order chi connectivity index (χ0) is 14.7. The van der Waals surface area contributed by atoms with Crippen LogP contribution >= 0.6 is 22.7 Å². The SMILES string of the molecule is O=C(N/N=C\c1ccc(F)s1)c1cc(-c2cccs2)on1. The van der Waals surface area contributed by atoms with E-state index in [2.05, 4.69) is 15.7 Å². The number of halogens is 1. The van der Waals surface area contributed by atoms with Crippen LogP contribution < -0.4 is 5.43 Å². The van der Waals surface area contributed by atoms with Crippen molar-refractivity contribution < 1.29 is 13.7 Å². The molecule has 5 nitrogen and oxygen atoms in total. The van der Waals surface area contributed by atoms with Gasteiger partial charge in [0, 0.05) is 6.07 Å². The smallest absolute Gasteiger partial charge is 0.293 e. The first-order valence-corrected chi connectivity index (χ1v) is 7.51. The number of carbonyl (C=O) groups is 1. The van der Waals surface area contributed by atoms with E-state index in [9.17, 15) is 9.18 Å². The van der Waals surface area contributed by atoms with Gasteiger partial charge in [-0.15, -0.1) is 22.7 Å². The van der Waals surface area contributed by atoms with Gasteiger partial charge >= 0.3 is 0 Å². The van der Waals surface area contributed by atoms with E-state index < -0.39 is 5.91 Å². The lowest BCUT2D eigenvalue weighted by Crippen LogP contribution is -2.17. The van der Waals surface area contributed by atoms with Gasteiger partial charge in [-0.2, -0.15) is 9.49 Å². The highest BCUT2D eigenvalue weighted by molar-refractivity contribution is 7.13. The average Bonchev–Trinajstić information content (AvgIpc) is 3.19. The minimum Gasteiger partial charge on any atom is -0.355 e. The van der Waals surface area contributed by atoms with Gasteiger partial charge in [0.05, 0.1) is 16.0 Å². The Kier molecular flexibility index (Phi) is 3.89. The van der Waals surface area contributed by atoms with Gasteiger partial charge in [-0.25, -0.2) is 5.43 Å². The number of amides is 1. The van der Waals surface area contributed by atoms with Crippen LogP contribution in [0.4, 0.5) is 4.39 Å². The van der Waals surface area contributed by atoms with E-state index in [1.54, 1.807) is 12.1 Å². The summed E-state index contributed by atoms with van der Waals surface area (Å²) in [6, 6.07) is 8.20. The molecule has 0 bridgehead atoms. The number of carbonyl (C=O) groups excluding carboxylic acids is 1. The Balaban J connectivity index is 1.64. The maximum atomic E-state index is 12.8. The van der Waals surface area contributed by atoms with E-state index in [-0.39, 0.29) is 10.8 Å². The zero-order valence-corrected chi connectivity index (χ0v) is 12.1. The lowest BCUT2D eigenvalue weighted by atomic mass is 10.3. The van der Waals surface area contributed by atoms with Crippen LogP contribution in [0, 0.1) is 5.13 Å². The Bertz CT molecular complexity index is 777. The average molecular weight is 321 g/mol. The topological polar surface area (TPSA) is 67.5 Å². The Morgan fingerprint density at radius 2 is 2.33 bits per heavy atom. The Morgan fingerprint density at radius 1 is 1.43 bits per heavy atom. The first kappa shape index (κ1) is 13.7. The second-order valence-corrected chi connectivity index (χ2v) is 5.91. The molecule has 3 aromatic rings. The molecule has 0 radical (unpaired) electrons. The highest BCUT2D eigenvalue weighted by atomic mass is 32.1. The van der Waals surface area contributed by atoms with E-state index in [0.29, 0.717) is 10.6 Å². The largest absolute Gasteiger partial charge is 0.355 e. The van der Waals surface area contributed by atoms with Crippen LogP contribution in [-0.4, -0.2) is 17.3 Å². The standard InChI is InChI=1S/C13H8FN3O2S2/c14-12-4-3-8(21-12)7-15-16-13(18)9-6-10(19-17-9)11-2-1-5-20-11/h1-7H,(H,16,18)/b15-7-. The Labute approximate surface area is 126 Å². The van der Waals surface area contributed by atoms with Crippen molar-refractivity contribution >= 4 is 34.8 Å². The second kappa shape index (κ2) is 5.98. The van der Waals surface area contributed by atoms with Gasteiger partial charge in [0.15, 0.2) is 16.6 Å². The van der Waals surface area contributed by atoms with Crippen LogP contribution in [-0.2, 0) is 0 Å². The monoisotopic (exact) mass is 321 g/mol. The third kappa shape index (κ3) is 3.23. The van der Waals surface area contributed by atoms with E-state index in [1.165, 1.54) is 23.6 Å². The number of aromatic nitrogens is 1. The highest BCUT2D eigenvalue weighted by Gasteiger charge is 2.13. The fraction of sp³-hybridized carbons (Fsp3) is 0. The summed E-state index contributed by atoms with van der Waals surface area (Å²) in [5, 5.41) is 9.03. The van der Waals surface area contributed by atoms with E-state index in [1.807, 2.05) is 17.5 Å². The van der Waals surface area contributed by atoms with Crippen molar-refractivity contribution in [1.82, 2.24) is 10.6 Å². The first-order valence-electron chi connectivity index (χ1n) is 5.82. The molecule has 3 heterocycles. The fourth-order valence-electron chi connectivity index (χ4n) is 1.53. The van der Waals surface area contributed by atoms with Crippen LogP contribution in [0.25, 0.3) is 10.6 Å². The van der Waals surface area contributed by atoms with E-state index in [4.69, 9.17) is 4.52 Å². The molecule has 3 aromatic heterocycles. The predicted octanol–water partition coefficient (Wildman–Crippen LogP) is 3.37. The number of nitrogens with zero attached hydrogens (tertiary/aromatic N) is 2. The maximum absolute atomic E-state index is 12.8. The molecule has 3 rings (SSSR count). The van der Waals surface area contributed by atoms with E-state index in [0.717, 1.165) is 16.2 Å². The van der Waals surface area contributed by atoms with Crippen molar-refractivity contribution in [3.63, 3.8) is 0 Å². The molecule has 8 heteroatoms. The van der Waals surface area contributed by atoms with Crippen molar-refractivity contribution in [2.75, 3.05) is 0 Å². The summed E-state index contributed by atoms with van der Waals surface area (Å²) in [7, 11) is 0. The molecule has 0 aliphatic heterocycles. The van der Waals surface area contributed by atoms with Gasteiger partial charge < -0.3 is 4.52 Å². The summed E-state index contributed by atoms with van der Waals surface area (Å²) < 4.78 is 17.9. The summed E-state index contributed by atoms with van der Waals surface area (Å²) in [6.45, 7) is 0. The lowest BCUT2D eigenvalue weighted by molar-refractivity contribution is 0.0946. The Morgan fingerprint density at radius 3 is 3.05 bits per heavy atom. The number of hydrazone groups is 1. The summed E-state index contributed by atoms with van der Waals surface area (Å²) in [6.07, 6.45) is 1.37. The molecule has 0 spiro atoms. The summed E-state index contributed by atoms with van der Waals surface area (Å²) in [5.41, 5.74) is 2.44. The van der Waals surface area contributed by atoms with Crippen LogP contribution in [0.15, 0.2) is 45.3 Å². The van der Waals surface area contributed by atoms with Gasteiger partial charge in [0.2, 0.25) is 0 Å². The zero-order valence-electron chi connectivity index (χ0n) is 10.4. The first-order chi connectivity index (χ1) is 10.2. The molecule has 1 amide bonds. The third-order valence-corrected chi connectivity index (χ3v) is 4.15. The molecule has 21 heavy (non-hydrogen) atoms. The van der Waals surface area contributed by atoms with Gasteiger partial charge in [0.1, 0.15) is 0 Å². The molecule has 0 aromatic carbocycles. The third-order valence-electron chi connectivity index (χ3n) is 2.46.